The number of aliphatic hydroxyl groups excluding tert-OH is 1. The third-order valence-electron chi connectivity index (χ3n) is 9.58. The molecule has 0 amide bonds. The maximum Gasteiger partial charge on any atom is 0.0740 e. The smallest absolute Gasteiger partial charge is 0.0740 e. The molecule has 11 atom stereocenters. The summed E-state index contributed by atoms with van der Waals surface area (Å²) in [6, 6.07) is 1.33. The van der Waals surface area contributed by atoms with Gasteiger partial charge in [0.2, 0.25) is 0 Å². The van der Waals surface area contributed by atoms with Crippen molar-refractivity contribution in [2.45, 2.75) is 94.0 Å². The predicted octanol–water partition coefficient (Wildman–Crippen LogP) is 2.55. The third-order valence-corrected chi connectivity index (χ3v) is 9.58. The molecule has 6 fully saturated rings. The van der Waals surface area contributed by atoms with Crippen molar-refractivity contribution in [3.63, 3.8) is 0 Å². The summed E-state index contributed by atoms with van der Waals surface area (Å²) in [6.45, 7) is 2.45. The Labute approximate surface area is 139 Å². The second-order valence-electron chi connectivity index (χ2n) is 9.93. The van der Waals surface area contributed by atoms with Crippen LogP contribution >= 0.6 is 0 Å². The second-order valence-corrected chi connectivity index (χ2v) is 9.93. The van der Waals surface area contributed by atoms with Crippen molar-refractivity contribution in [2.24, 2.45) is 29.6 Å². The Morgan fingerprint density at radius 3 is 2.70 bits per heavy atom. The molecule has 0 aromatic carbocycles. The lowest BCUT2D eigenvalue weighted by Gasteiger charge is -2.67. The lowest BCUT2D eigenvalue weighted by molar-refractivity contribution is -0.234. The maximum absolute atomic E-state index is 11.8. The molecule has 3 aliphatic heterocycles. The van der Waals surface area contributed by atoms with Crippen LogP contribution in [-0.2, 0) is 0 Å². The second kappa shape index (κ2) is 4.16. The molecule has 1 spiro atoms. The molecule has 2 N–H and O–H groups in total. The van der Waals surface area contributed by atoms with Crippen LogP contribution in [0.3, 0.4) is 0 Å². The highest BCUT2D eigenvalue weighted by atomic mass is 16.3. The molecule has 6 aliphatic rings. The zero-order chi connectivity index (χ0) is 15.6. The molecule has 128 valence electrons. The zero-order valence-electron chi connectivity index (χ0n) is 14.3. The number of nitrogens with zero attached hydrogens (tertiary/aromatic N) is 1. The van der Waals surface area contributed by atoms with Crippen molar-refractivity contribution in [1.29, 1.82) is 0 Å². The molecule has 0 aromatic rings. The van der Waals surface area contributed by atoms with E-state index < -0.39 is 5.60 Å². The first-order chi connectivity index (χ1) is 11.1. The lowest BCUT2D eigenvalue weighted by Crippen LogP contribution is -2.75. The molecular formula is C20H31NO2. The summed E-state index contributed by atoms with van der Waals surface area (Å²) < 4.78 is 0. The Bertz CT molecular complexity index is 552. The van der Waals surface area contributed by atoms with Gasteiger partial charge < -0.3 is 10.2 Å². The highest BCUT2D eigenvalue weighted by Gasteiger charge is 2.80. The van der Waals surface area contributed by atoms with Gasteiger partial charge in [-0.25, -0.2) is 0 Å². The average molecular weight is 317 g/mol. The molecule has 3 saturated carbocycles. The van der Waals surface area contributed by atoms with Crippen molar-refractivity contribution in [3.8, 4) is 0 Å². The van der Waals surface area contributed by atoms with E-state index in [1.54, 1.807) is 0 Å². The van der Waals surface area contributed by atoms with Gasteiger partial charge in [0.1, 0.15) is 0 Å². The molecule has 0 aromatic heterocycles. The van der Waals surface area contributed by atoms with Gasteiger partial charge in [0, 0.05) is 29.5 Å². The van der Waals surface area contributed by atoms with Crippen molar-refractivity contribution in [3.05, 3.63) is 0 Å². The monoisotopic (exact) mass is 317 g/mol. The minimum absolute atomic E-state index is 0.157. The van der Waals surface area contributed by atoms with Crippen molar-refractivity contribution >= 4 is 0 Å². The lowest BCUT2D eigenvalue weighted by atomic mass is 9.51. The van der Waals surface area contributed by atoms with Crippen molar-refractivity contribution in [2.75, 3.05) is 0 Å². The topological polar surface area (TPSA) is 43.7 Å². The number of hydrogen-bond donors (Lipinski definition) is 2. The molecule has 3 nitrogen and oxygen atoms in total. The van der Waals surface area contributed by atoms with Crippen LogP contribution in [0.1, 0.15) is 64.7 Å². The standard InChI is InChI=1S/C20H31NO2/c1-11-6-7-15-16-8-12-10-19(15,23)18-9-17(22)13-4-2-3-5-14(13)20(12,18)21(11)16/h11-18,22-23H,2-10H2,1H3/t11-,12-,13+,14+,15+,16+,17+,18?,19+,20+/m1/s1. The van der Waals surface area contributed by atoms with E-state index in [1.165, 1.54) is 44.9 Å². The van der Waals surface area contributed by atoms with E-state index in [0.717, 1.165) is 12.8 Å². The normalized spacial score (nSPS) is 68.7. The summed E-state index contributed by atoms with van der Waals surface area (Å²) in [4.78, 5) is 2.95. The Morgan fingerprint density at radius 2 is 1.83 bits per heavy atom. The predicted molar refractivity (Wildman–Crippen MR) is 87.8 cm³/mol. The minimum Gasteiger partial charge on any atom is -0.393 e. The van der Waals surface area contributed by atoms with Gasteiger partial charge in [-0.15, -0.1) is 0 Å². The van der Waals surface area contributed by atoms with Crippen LogP contribution in [0, 0.1) is 29.6 Å². The summed E-state index contributed by atoms with van der Waals surface area (Å²) in [5, 5.41) is 22.7. The largest absolute Gasteiger partial charge is 0.393 e. The van der Waals surface area contributed by atoms with E-state index in [-0.39, 0.29) is 11.6 Å². The Hall–Kier alpha value is -0.120. The molecular weight excluding hydrogens is 286 g/mol. The highest BCUT2D eigenvalue weighted by molar-refractivity contribution is 5.33. The van der Waals surface area contributed by atoms with E-state index in [1.807, 2.05) is 0 Å². The third kappa shape index (κ3) is 1.32. The first-order valence-electron chi connectivity index (χ1n) is 10.3. The molecule has 0 radical (unpaired) electrons. The molecule has 3 aliphatic carbocycles. The van der Waals surface area contributed by atoms with E-state index in [0.29, 0.717) is 41.7 Å². The number of fused-ring (bicyclic) bond motifs is 2. The Kier molecular flexibility index (Phi) is 2.55. The molecule has 3 saturated heterocycles. The fourth-order valence-electron chi connectivity index (χ4n) is 9.31. The van der Waals surface area contributed by atoms with Crippen LogP contribution in [-0.4, -0.2) is 44.4 Å². The van der Waals surface area contributed by atoms with Gasteiger partial charge in [-0.2, -0.15) is 0 Å². The molecule has 6 rings (SSSR count). The number of piperidine rings is 2. The fourth-order valence-corrected chi connectivity index (χ4v) is 9.31. The summed E-state index contributed by atoms with van der Waals surface area (Å²) >= 11 is 0. The number of rotatable bonds is 0. The van der Waals surface area contributed by atoms with Gasteiger partial charge in [0.25, 0.3) is 0 Å². The first-order valence-corrected chi connectivity index (χ1v) is 10.3. The molecule has 5 bridgehead atoms. The van der Waals surface area contributed by atoms with Gasteiger partial charge in [-0.05, 0) is 69.6 Å². The summed E-state index contributed by atoms with van der Waals surface area (Å²) in [5.74, 6) is 2.70. The van der Waals surface area contributed by atoms with Crippen molar-refractivity contribution < 1.29 is 10.2 Å². The van der Waals surface area contributed by atoms with Gasteiger partial charge in [-0.1, -0.05) is 12.8 Å². The summed E-state index contributed by atoms with van der Waals surface area (Å²) in [5.41, 5.74) is -0.201. The fraction of sp³-hybridized carbons (Fsp3) is 1.00. The average Bonchev–Trinajstić information content (AvgIpc) is 2.93. The summed E-state index contributed by atoms with van der Waals surface area (Å²) in [7, 11) is 0. The number of hydrogen-bond acceptors (Lipinski definition) is 3. The van der Waals surface area contributed by atoms with Crippen LogP contribution in [0.4, 0.5) is 0 Å². The van der Waals surface area contributed by atoms with E-state index in [2.05, 4.69) is 11.8 Å². The van der Waals surface area contributed by atoms with Gasteiger partial charge in [-0.3, -0.25) is 4.90 Å². The van der Waals surface area contributed by atoms with E-state index in [9.17, 15) is 10.2 Å². The number of aliphatic hydroxyl groups is 2. The highest BCUT2D eigenvalue weighted by Crippen LogP contribution is 2.75. The quantitative estimate of drug-likeness (QED) is 0.722. The molecule has 2 unspecified atom stereocenters. The molecule has 23 heavy (non-hydrogen) atoms. The van der Waals surface area contributed by atoms with Crippen molar-refractivity contribution in [1.82, 2.24) is 4.90 Å². The minimum atomic E-state index is -0.451. The van der Waals surface area contributed by atoms with Crippen LogP contribution in [0.5, 0.6) is 0 Å². The van der Waals surface area contributed by atoms with Crippen LogP contribution < -0.4 is 0 Å². The first kappa shape index (κ1) is 14.1. The maximum atomic E-state index is 11.8. The molecule has 3 heterocycles. The van der Waals surface area contributed by atoms with Crippen LogP contribution in [0.15, 0.2) is 0 Å². The van der Waals surface area contributed by atoms with Gasteiger partial charge in [0.15, 0.2) is 0 Å². The van der Waals surface area contributed by atoms with Crippen LogP contribution in [0.2, 0.25) is 0 Å². The van der Waals surface area contributed by atoms with E-state index in [4.69, 9.17) is 0 Å². The summed E-state index contributed by atoms with van der Waals surface area (Å²) in [6.07, 6.45) is 10.7. The van der Waals surface area contributed by atoms with Gasteiger partial charge >= 0.3 is 0 Å². The Balaban J connectivity index is 1.57. The SMILES string of the molecule is C[C@@H]1CC[C@H]2[C@@H]3C[C@@H]4C[C@@]2(O)C2C[C@H](O)[C@H]5CCCC[C@@H]5[C@]24N13. The Morgan fingerprint density at radius 1 is 1.00 bits per heavy atom. The molecule has 3 heteroatoms. The zero-order valence-corrected chi connectivity index (χ0v) is 14.3. The van der Waals surface area contributed by atoms with Crippen LogP contribution in [0.25, 0.3) is 0 Å². The van der Waals surface area contributed by atoms with Gasteiger partial charge in [0.05, 0.1) is 11.7 Å². The van der Waals surface area contributed by atoms with E-state index >= 15 is 0 Å².